The Hall–Kier alpha value is -3.67. The predicted molar refractivity (Wildman–Crippen MR) is 127 cm³/mol. The molecular weight excluding hydrogens is 418 g/mol. The molecule has 0 aliphatic heterocycles. The van der Waals surface area contributed by atoms with E-state index in [0.29, 0.717) is 36.8 Å². The molecule has 0 fully saturated rings. The van der Waals surface area contributed by atoms with E-state index in [0.717, 1.165) is 34.2 Å². The van der Waals surface area contributed by atoms with Crippen molar-refractivity contribution in [2.24, 2.45) is 0 Å². The molecule has 1 atom stereocenters. The molecule has 2 aromatic carbocycles. The van der Waals surface area contributed by atoms with Crippen molar-refractivity contribution in [2.75, 3.05) is 6.61 Å². The van der Waals surface area contributed by atoms with Crippen LogP contribution in [0.1, 0.15) is 47.4 Å². The van der Waals surface area contributed by atoms with Gasteiger partial charge in [-0.25, -0.2) is 4.98 Å². The number of nitrogens with zero attached hydrogens (tertiary/aromatic N) is 1. The van der Waals surface area contributed by atoms with Crippen molar-refractivity contribution in [1.29, 1.82) is 0 Å². The van der Waals surface area contributed by atoms with Gasteiger partial charge in [0.15, 0.2) is 0 Å². The Bertz CT molecular complexity index is 1110. The number of rotatable bonds is 10. The molecule has 0 aliphatic carbocycles. The number of hydrogen-bond acceptors (Lipinski definition) is 6. The van der Waals surface area contributed by atoms with E-state index in [1.54, 1.807) is 24.3 Å². The van der Waals surface area contributed by atoms with Crippen molar-refractivity contribution in [2.45, 2.75) is 46.8 Å². The lowest BCUT2D eigenvalue weighted by molar-refractivity contribution is -0.145. The van der Waals surface area contributed by atoms with Crippen molar-refractivity contribution in [3.05, 3.63) is 77.0 Å². The van der Waals surface area contributed by atoms with Crippen LogP contribution in [-0.4, -0.2) is 30.0 Å². The van der Waals surface area contributed by atoms with Crippen LogP contribution in [0.3, 0.4) is 0 Å². The highest BCUT2D eigenvalue weighted by molar-refractivity contribution is 5.74. The highest BCUT2D eigenvalue weighted by Gasteiger charge is 2.12. The molecule has 0 N–H and O–H groups in total. The summed E-state index contributed by atoms with van der Waals surface area (Å²) in [7, 11) is 0. The number of benzene rings is 2. The summed E-state index contributed by atoms with van der Waals surface area (Å²) in [5.41, 5.74) is 5.81. The Morgan fingerprint density at radius 3 is 2.42 bits per heavy atom. The van der Waals surface area contributed by atoms with Gasteiger partial charge in [0.1, 0.15) is 24.7 Å². The second kappa shape index (κ2) is 11.3. The maximum absolute atomic E-state index is 11.0. The van der Waals surface area contributed by atoms with Crippen LogP contribution in [-0.2, 0) is 16.1 Å². The van der Waals surface area contributed by atoms with Crippen LogP contribution >= 0.6 is 0 Å². The van der Waals surface area contributed by atoms with E-state index >= 15 is 0 Å². The summed E-state index contributed by atoms with van der Waals surface area (Å²) in [6.45, 7) is 8.11. The lowest BCUT2D eigenvalue weighted by Crippen LogP contribution is -2.15. The molecule has 1 aromatic heterocycles. The van der Waals surface area contributed by atoms with Crippen LogP contribution in [0.4, 0.5) is 0 Å². The molecule has 172 valence electrons. The second-order valence-electron chi connectivity index (χ2n) is 7.90. The third kappa shape index (κ3) is 6.65. The number of ether oxygens (including phenoxy) is 3. The lowest BCUT2D eigenvalue weighted by atomic mass is 9.96. The first-order valence-electron chi connectivity index (χ1n) is 10.9. The Morgan fingerprint density at radius 1 is 1.00 bits per heavy atom. The summed E-state index contributed by atoms with van der Waals surface area (Å²) in [6.07, 6.45) is 1.22. The van der Waals surface area contributed by atoms with Crippen molar-refractivity contribution in [3.63, 3.8) is 0 Å². The summed E-state index contributed by atoms with van der Waals surface area (Å²) < 4.78 is 16.8. The monoisotopic (exact) mass is 447 g/mol. The van der Waals surface area contributed by atoms with Gasteiger partial charge in [0, 0.05) is 36.2 Å². The Kier molecular flexibility index (Phi) is 8.19. The molecule has 0 saturated heterocycles. The third-order valence-electron chi connectivity index (χ3n) is 5.35. The van der Waals surface area contributed by atoms with Gasteiger partial charge in [-0.3, -0.25) is 9.59 Å². The summed E-state index contributed by atoms with van der Waals surface area (Å²) in [4.78, 5) is 26.4. The normalized spacial score (nSPS) is 11.5. The van der Waals surface area contributed by atoms with Gasteiger partial charge in [0.25, 0.3) is 0 Å². The molecule has 0 spiro atoms. The molecule has 3 aromatic rings. The molecule has 0 amide bonds. The summed E-state index contributed by atoms with van der Waals surface area (Å²) in [5, 5.41) is 0. The van der Waals surface area contributed by atoms with E-state index in [9.17, 15) is 9.59 Å². The number of aryl methyl sites for hydroxylation is 1. The zero-order valence-electron chi connectivity index (χ0n) is 19.5. The molecule has 3 rings (SSSR count). The molecule has 0 radical (unpaired) electrons. The minimum absolute atomic E-state index is 0.196. The van der Waals surface area contributed by atoms with E-state index in [1.165, 1.54) is 6.92 Å². The van der Waals surface area contributed by atoms with Gasteiger partial charge in [0.05, 0.1) is 6.61 Å². The molecule has 0 unspecified atom stereocenters. The molecule has 6 nitrogen and oxygen atoms in total. The Morgan fingerprint density at radius 2 is 1.76 bits per heavy atom. The molecule has 0 saturated carbocycles. The fourth-order valence-electron chi connectivity index (χ4n) is 3.51. The number of esters is 1. The number of hydrogen-bond donors (Lipinski definition) is 0. The van der Waals surface area contributed by atoms with Crippen molar-refractivity contribution in [1.82, 2.24) is 4.98 Å². The quantitative estimate of drug-likeness (QED) is 0.303. The SMILES string of the molecule is CC(=O)O[C@H](C)CCOc1ccc(-c2cccc(COc3ccc(C=O)cc3)c2C)c(C)n1. The topological polar surface area (TPSA) is 74.7 Å². The first kappa shape index (κ1) is 24.0. The smallest absolute Gasteiger partial charge is 0.302 e. The van der Waals surface area contributed by atoms with E-state index in [2.05, 4.69) is 18.0 Å². The van der Waals surface area contributed by atoms with Gasteiger partial charge in [-0.1, -0.05) is 18.2 Å². The molecule has 33 heavy (non-hydrogen) atoms. The van der Waals surface area contributed by atoms with Crippen molar-refractivity contribution < 1.29 is 23.8 Å². The number of carbonyl (C=O) groups excluding carboxylic acids is 2. The first-order valence-corrected chi connectivity index (χ1v) is 10.9. The number of aldehydes is 1. The van der Waals surface area contributed by atoms with Gasteiger partial charge < -0.3 is 14.2 Å². The molecule has 6 heteroatoms. The maximum atomic E-state index is 11.0. The van der Waals surface area contributed by atoms with Crippen molar-refractivity contribution >= 4 is 12.3 Å². The van der Waals surface area contributed by atoms with Gasteiger partial charge in [-0.2, -0.15) is 0 Å². The molecule has 0 bridgehead atoms. The molecule has 1 heterocycles. The van der Waals surface area contributed by atoms with Crippen LogP contribution in [0.2, 0.25) is 0 Å². The minimum atomic E-state index is -0.292. The zero-order chi connectivity index (χ0) is 23.8. The largest absolute Gasteiger partial charge is 0.489 e. The average Bonchev–Trinajstić information content (AvgIpc) is 2.79. The predicted octanol–water partition coefficient (Wildman–Crippen LogP) is 5.48. The van der Waals surface area contributed by atoms with E-state index in [-0.39, 0.29) is 12.1 Å². The van der Waals surface area contributed by atoms with Gasteiger partial charge >= 0.3 is 5.97 Å². The van der Waals surface area contributed by atoms with Gasteiger partial charge in [-0.05, 0) is 67.8 Å². The Labute approximate surface area is 194 Å². The highest BCUT2D eigenvalue weighted by atomic mass is 16.5. The van der Waals surface area contributed by atoms with Crippen molar-refractivity contribution in [3.8, 4) is 22.8 Å². The van der Waals surface area contributed by atoms with E-state index in [1.807, 2.05) is 38.1 Å². The Balaban J connectivity index is 1.67. The third-order valence-corrected chi connectivity index (χ3v) is 5.35. The van der Waals surface area contributed by atoms with E-state index in [4.69, 9.17) is 14.2 Å². The number of aromatic nitrogens is 1. The first-order chi connectivity index (χ1) is 15.9. The summed E-state index contributed by atoms with van der Waals surface area (Å²) >= 11 is 0. The van der Waals surface area contributed by atoms with Crippen LogP contribution in [0, 0.1) is 13.8 Å². The second-order valence-corrected chi connectivity index (χ2v) is 7.90. The standard InChI is InChI=1S/C27H29NO5/c1-18(33-21(4)30)14-15-31-27-13-12-26(20(3)28-27)25-7-5-6-23(19(25)2)17-32-24-10-8-22(16-29)9-11-24/h5-13,16,18H,14-15,17H2,1-4H3/t18-/m1/s1. The molecular formula is C27H29NO5. The fraction of sp³-hybridized carbons (Fsp3) is 0.296. The zero-order valence-corrected chi connectivity index (χ0v) is 19.5. The van der Waals surface area contributed by atoms with Crippen LogP contribution in [0.15, 0.2) is 54.6 Å². The minimum Gasteiger partial charge on any atom is -0.489 e. The van der Waals surface area contributed by atoms with Crippen LogP contribution in [0.5, 0.6) is 11.6 Å². The molecule has 0 aliphatic rings. The fourth-order valence-corrected chi connectivity index (χ4v) is 3.51. The summed E-state index contributed by atoms with van der Waals surface area (Å²) in [6, 6.07) is 17.1. The number of pyridine rings is 1. The highest BCUT2D eigenvalue weighted by Crippen LogP contribution is 2.30. The lowest BCUT2D eigenvalue weighted by Gasteiger charge is -2.15. The average molecular weight is 448 g/mol. The summed E-state index contributed by atoms with van der Waals surface area (Å²) in [5.74, 6) is 0.967. The van der Waals surface area contributed by atoms with Crippen LogP contribution in [0.25, 0.3) is 11.1 Å². The van der Waals surface area contributed by atoms with E-state index < -0.39 is 0 Å². The maximum Gasteiger partial charge on any atom is 0.302 e. The van der Waals surface area contributed by atoms with Gasteiger partial charge in [-0.15, -0.1) is 0 Å². The van der Waals surface area contributed by atoms with Crippen LogP contribution < -0.4 is 9.47 Å². The van der Waals surface area contributed by atoms with Gasteiger partial charge in [0.2, 0.25) is 5.88 Å². The number of carbonyl (C=O) groups is 2.